The van der Waals surface area contributed by atoms with Gasteiger partial charge in [0, 0.05) is 30.0 Å². The van der Waals surface area contributed by atoms with Gasteiger partial charge in [-0.2, -0.15) is 0 Å². The molecule has 1 N–H and O–H groups in total. The molecule has 24 heavy (non-hydrogen) atoms. The van der Waals surface area contributed by atoms with Crippen LogP contribution < -0.4 is 5.32 Å². The lowest BCUT2D eigenvalue weighted by Crippen LogP contribution is -2.42. The fraction of sp³-hybridized carbons (Fsp3) is 0.353. The van der Waals surface area contributed by atoms with Crippen LogP contribution in [0.15, 0.2) is 35.2 Å². The Labute approximate surface area is 143 Å². The summed E-state index contributed by atoms with van der Waals surface area (Å²) in [4.78, 5) is 30.4. The molecule has 1 fully saturated rings. The standard InChI is InChI=1S/C17H18FN3O2S/c18-14-3-1-13(2-4-14)17(23)21-7-5-12(6-8-21)16(22)19-9-15-10-24-11-20-15/h1-4,10-12H,5-9H2,(H,19,22). The lowest BCUT2D eigenvalue weighted by molar-refractivity contribution is -0.126. The summed E-state index contributed by atoms with van der Waals surface area (Å²) < 4.78 is 12.9. The highest BCUT2D eigenvalue weighted by molar-refractivity contribution is 7.07. The molecule has 1 saturated heterocycles. The fourth-order valence-corrected chi connectivity index (χ4v) is 3.33. The van der Waals surface area contributed by atoms with Crippen LogP contribution in [0.25, 0.3) is 0 Å². The van der Waals surface area contributed by atoms with Crippen LogP contribution in [0.2, 0.25) is 0 Å². The number of amides is 2. The first-order chi connectivity index (χ1) is 11.6. The number of rotatable bonds is 4. The van der Waals surface area contributed by atoms with Crippen LogP contribution >= 0.6 is 11.3 Å². The van der Waals surface area contributed by atoms with E-state index in [0.29, 0.717) is 38.0 Å². The van der Waals surface area contributed by atoms with Crippen molar-refractivity contribution in [2.45, 2.75) is 19.4 Å². The summed E-state index contributed by atoms with van der Waals surface area (Å²) in [6.45, 7) is 1.51. The van der Waals surface area contributed by atoms with Crippen LogP contribution in [-0.2, 0) is 11.3 Å². The Morgan fingerprint density at radius 3 is 2.58 bits per heavy atom. The second-order valence-electron chi connectivity index (χ2n) is 5.77. The van der Waals surface area contributed by atoms with Gasteiger partial charge >= 0.3 is 0 Å². The van der Waals surface area contributed by atoms with Crippen molar-refractivity contribution in [3.63, 3.8) is 0 Å². The number of hydrogen-bond donors (Lipinski definition) is 1. The summed E-state index contributed by atoms with van der Waals surface area (Å²) in [6.07, 6.45) is 1.27. The number of carbonyl (C=O) groups excluding carboxylic acids is 2. The normalized spacial score (nSPS) is 15.3. The third kappa shape index (κ3) is 3.97. The molecule has 0 spiro atoms. The second kappa shape index (κ2) is 7.53. The minimum absolute atomic E-state index is 0.0110. The Kier molecular flexibility index (Phi) is 5.20. The summed E-state index contributed by atoms with van der Waals surface area (Å²) in [6, 6.07) is 5.55. The first-order valence-corrected chi connectivity index (χ1v) is 8.77. The molecule has 5 nitrogen and oxygen atoms in total. The molecule has 0 aliphatic carbocycles. The van der Waals surface area contributed by atoms with Gasteiger partial charge < -0.3 is 10.2 Å². The van der Waals surface area contributed by atoms with Crippen molar-refractivity contribution in [3.8, 4) is 0 Å². The Morgan fingerprint density at radius 1 is 1.25 bits per heavy atom. The molecule has 126 valence electrons. The van der Waals surface area contributed by atoms with Crippen molar-refractivity contribution in [1.29, 1.82) is 0 Å². The van der Waals surface area contributed by atoms with E-state index in [-0.39, 0.29) is 23.5 Å². The summed E-state index contributed by atoms with van der Waals surface area (Å²) in [5, 5.41) is 4.80. The number of aromatic nitrogens is 1. The highest BCUT2D eigenvalue weighted by Gasteiger charge is 2.27. The minimum atomic E-state index is -0.359. The van der Waals surface area contributed by atoms with Crippen molar-refractivity contribution in [3.05, 3.63) is 52.2 Å². The van der Waals surface area contributed by atoms with Gasteiger partial charge in [0.05, 0.1) is 17.7 Å². The van der Waals surface area contributed by atoms with Crippen LogP contribution in [-0.4, -0.2) is 34.8 Å². The Bertz CT molecular complexity index is 695. The van der Waals surface area contributed by atoms with Gasteiger partial charge in [-0.15, -0.1) is 11.3 Å². The number of hydrogen-bond acceptors (Lipinski definition) is 4. The zero-order valence-electron chi connectivity index (χ0n) is 13.1. The van der Waals surface area contributed by atoms with Gasteiger partial charge in [-0.3, -0.25) is 9.59 Å². The van der Waals surface area contributed by atoms with E-state index in [1.807, 2.05) is 5.38 Å². The van der Waals surface area contributed by atoms with Gasteiger partial charge in [-0.25, -0.2) is 9.37 Å². The monoisotopic (exact) mass is 347 g/mol. The van der Waals surface area contributed by atoms with E-state index in [9.17, 15) is 14.0 Å². The SMILES string of the molecule is O=C(NCc1cscn1)C1CCN(C(=O)c2ccc(F)cc2)CC1. The second-order valence-corrected chi connectivity index (χ2v) is 6.49. The average Bonchev–Trinajstić information content (AvgIpc) is 3.13. The molecule has 0 bridgehead atoms. The van der Waals surface area contributed by atoms with Crippen LogP contribution in [0, 0.1) is 11.7 Å². The number of benzene rings is 1. The Morgan fingerprint density at radius 2 is 1.96 bits per heavy atom. The number of nitrogens with zero attached hydrogens (tertiary/aromatic N) is 2. The predicted molar refractivity (Wildman–Crippen MR) is 89.0 cm³/mol. The summed E-state index contributed by atoms with van der Waals surface area (Å²) >= 11 is 1.50. The summed E-state index contributed by atoms with van der Waals surface area (Å²) in [5.41, 5.74) is 3.07. The molecular weight excluding hydrogens is 329 g/mol. The maximum absolute atomic E-state index is 12.9. The van der Waals surface area contributed by atoms with E-state index >= 15 is 0 Å². The van der Waals surface area contributed by atoms with Crippen molar-refractivity contribution in [2.75, 3.05) is 13.1 Å². The molecule has 1 aliphatic rings. The lowest BCUT2D eigenvalue weighted by Gasteiger charge is -2.31. The smallest absolute Gasteiger partial charge is 0.253 e. The minimum Gasteiger partial charge on any atom is -0.350 e. The molecule has 2 amide bonds. The van der Waals surface area contributed by atoms with Crippen LogP contribution in [0.5, 0.6) is 0 Å². The molecular formula is C17H18FN3O2S. The molecule has 0 unspecified atom stereocenters. The number of thiazole rings is 1. The van der Waals surface area contributed by atoms with Crippen molar-refractivity contribution in [2.24, 2.45) is 5.92 Å². The van der Waals surface area contributed by atoms with Gasteiger partial charge in [0.25, 0.3) is 5.91 Å². The van der Waals surface area contributed by atoms with E-state index in [0.717, 1.165) is 5.69 Å². The quantitative estimate of drug-likeness (QED) is 0.924. The molecule has 0 atom stereocenters. The molecule has 7 heteroatoms. The third-order valence-electron chi connectivity index (χ3n) is 4.17. The molecule has 1 aromatic carbocycles. The largest absolute Gasteiger partial charge is 0.350 e. The number of piperidine rings is 1. The molecule has 1 aliphatic heterocycles. The van der Waals surface area contributed by atoms with Gasteiger partial charge in [0.1, 0.15) is 5.82 Å². The van der Waals surface area contributed by atoms with Gasteiger partial charge in [0.15, 0.2) is 0 Å². The van der Waals surface area contributed by atoms with Crippen molar-refractivity contribution >= 4 is 23.2 Å². The van der Waals surface area contributed by atoms with Crippen LogP contribution in [0.1, 0.15) is 28.9 Å². The molecule has 3 rings (SSSR count). The molecule has 0 radical (unpaired) electrons. The zero-order chi connectivity index (χ0) is 16.9. The highest BCUT2D eigenvalue weighted by atomic mass is 32.1. The topological polar surface area (TPSA) is 62.3 Å². The van der Waals surface area contributed by atoms with E-state index in [2.05, 4.69) is 10.3 Å². The molecule has 1 aromatic heterocycles. The third-order valence-corrected chi connectivity index (χ3v) is 4.81. The van der Waals surface area contributed by atoms with E-state index in [1.54, 1.807) is 10.4 Å². The molecule has 0 saturated carbocycles. The number of carbonyl (C=O) groups is 2. The fourth-order valence-electron chi connectivity index (χ4n) is 2.77. The highest BCUT2D eigenvalue weighted by Crippen LogP contribution is 2.19. The molecule has 2 heterocycles. The number of halogens is 1. The van der Waals surface area contributed by atoms with Gasteiger partial charge in [-0.05, 0) is 37.1 Å². The van der Waals surface area contributed by atoms with Crippen LogP contribution in [0.3, 0.4) is 0 Å². The van der Waals surface area contributed by atoms with Gasteiger partial charge in [-0.1, -0.05) is 0 Å². The lowest BCUT2D eigenvalue weighted by atomic mass is 9.95. The number of nitrogens with one attached hydrogen (secondary N) is 1. The first kappa shape index (κ1) is 16.6. The summed E-state index contributed by atoms with van der Waals surface area (Å²) in [5.74, 6) is -0.545. The van der Waals surface area contributed by atoms with Crippen molar-refractivity contribution < 1.29 is 14.0 Å². The Hall–Kier alpha value is -2.28. The maximum Gasteiger partial charge on any atom is 0.253 e. The van der Waals surface area contributed by atoms with Gasteiger partial charge in [0.2, 0.25) is 5.91 Å². The Balaban J connectivity index is 1.49. The van der Waals surface area contributed by atoms with Crippen molar-refractivity contribution in [1.82, 2.24) is 15.2 Å². The van der Waals surface area contributed by atoms with E-state index < -0.39 is 0 Å². The predicted octanol–water partition coefficient (Wildman–Crippen LogP) is 2.45. The average molecular weight is 347 g/mol. The van der Waals surface area contributed by atoms with E-state index in [4.69, 9.17) is 0 Å². The maximum atomic E-state index is 12.9. The zero-order valence-corrected chi connectivity index (χ0v) is 13.9. The number of likely N-dealkylation sites (tertiary alicyclic amines) is 1. The first-order valence-electron chi connectivity index (χ1n) is 7.83. The van der Waals surface area contributed by atoms with Crippen LogP contribution in [0.4, 0.5) is 4.39 Å². The summed E-state index contributed by atoms with van der Waals surface area (Å²) in [7, 11) is 0. The molecule has 2 aromatic rings. The van der Waals surface area contributed by atoms with E-state index in [1.165, 1.54) is 35.6 Å².